The Kier molecular flexibility index (Phi) is 3.02. The van der Waals surface area contributed by atoms with Crippen LogP contribution in [-0.2, 0) is 6.54 Å². The lowest BCUT2D eigenvalue weighted by molar-refractivity contribution is 0.549. The zero-order valence-electron chi connectivity index (χ0n) is 11.4. The van der Waals surface area contributed by atoms with Crippen molar-refractivity contribution < 1.29 is 0 Å². The van der Waals surface area contributed by atoms with Gasteiger partial charge in [0.25, 0.3) is 0 Å². The number of aromatic nitrogens is 1. The predicted octanol–water partition coefficient (Wildman–Crippen LogP) is 2.65. The van der Waals surface area contributed by atoms with E-state index in [-0.39, 0.29) is 0 Å². The SMILES string of the molecule is CC(C)c1cc(CN)cc(N2CC3CCC2C3)n1. The minimum absolute atomic E-state index is 0.468. The van der Waals surface area contributed by atoms with Gasteiger partial charge in [-0.05, 0) is 48.8 Å². The van der Waals surface area contributed by atoms with Crippen LogP contribution in [0.4, 0.5) is 5.82 Å². The molecule has 3 nitrogen and oxygen atoms in total. The van der Waals surface area contributed by atoms with Gasteiger partial charge in [0, 0.05) is 24.8 Å². The van der Waals surface area contributed by atoms with Crippen molar-refractivity contribution in [1.82, 2.24) is 4.98 Å². The molecule has 0 spiro atoms. The maximum atomic E-state index is 5.82. The second-order valence-electron chi connectivity index (χ2n) is 6.10. The molecule has 2 bridgehead atoms. The van der Waals surface area contributed by atoms with Gasteiger partial charge in [0.15, 0.2) is 0 Å². The largest absolute Gasteiger partial charge is 0.353 e. The third-order valence-corrected chi connectivity index (χ3v) is 4.42. The Balaban J connectivity index is 1.93. The zero-order chi connectivity index (χ0) is 12.7. The van der Waals surface area contributed by atoms with E-state index in [0.29, 0.717) is 12.5 Å². The van der Waals surface area contributed by atoms with Gasteiger partial charge in [-0.15, -0.1) is 0 Å². The topological polar surface area (TPSA) is 42.1 Å². The molecule has 2 fully saturated rings. The van der Waals surface area contributed by atoms with E-state index in [4.69, 9.17) is 10.7 Å². The lowest BCUT2D eigenvalue weighted by atomic mass is 10.1. The summed E-state index contributed by atoms with van der Waals surface area (Å²) in [6, 6.07) is 5.07. The van der Waals surface area contributed by atoms with Gasteiger partial charge >= 0.3 is 0 Å². The Morgan fingerprint density at radius 1 is 1.39 bits per heavy atom. The molecule has 1 saturated heterocycles. The highest BCUT2D eigenvalue weighted by atomic mass is 15.2. The number of fused-ring (bicyclic) bond motifs is 2. The van der Waals surface area contributed by atoms with Crippen LogP contribution in [0.25, 0.3) is 0 Å². The van der Waals surface area contributed by atoms with Crippen LogP contribution in [-0.4, -0.2) is 17.6 Å². The first-order chi connectivity index (χ1) is 8.67. The van der Waals surface area contributed by atoms with Crippen LogP contribution in [0.5, 0.6) is 0 Å². The molecule has 0 amide bonds. The number of pyridine rings is 1. The van der Waals surface area contributed by atoms with Crippen molar-refractivity contribution in [1.29, 1.82) is 0 Å². The Morgan fingerprint density at radius 2 is 2.22 bits per heavy atom. The van der Waals surface area contributed by atoms with Crippen molar-refractivity contribution in [3.05, 3.63) is 23.4 Å². The highest BCUT2D eigenvalue weighted by Crippen LogP contribution is 2.39. The number of nitrogens with two attached hydrogens (primary N) is 1. The first kappa shape index (κ1) is 12.0. The van der Waals surface area contributed by atoms with Crippen molar-refractivity contribution in [3.8, 4) is 0 Å². The van der Waals surface area contributed by atoms with Crippen LogP contribution in [0, 0.1) is 5.92 Å². The third-order valence-electron chi connectivity index (χ3n) is 4.42. The summed E-state index contributed by atoms with van der Waals surface area (Å²) in [7, 11) is 0. The third kappa shape index (κ3) is 2.01. The molecule has 0 aromatic carbocycles. The average Bonchev–Trinajstić information content (AvgIpc) is 3.00. The monoisotopic (exact) mass is 245 g/mol. The molecule has 2 atom stereocenters. The van der Waals surface area contributed by atoms with Crippen LogP contribution in [0.1, 0.15) is 50.3 Å². The lowest BCUT2D eigenvalue weighted by Gasteiger charge is -2.29. The molecule has 98 valence electrons. The number of hydrogen-bond acceptors (Lipinski definition) is 3. The van der Waals surface area contributed by atoms with E-state index in [0.717, 1.165) is 17.8 Å². The van der Waals surface area contributed by atoms with Crippen LogP contribution in [0.2, 0.25) is 0 Å². The summed E-state index contributed by atoms with van der Waals surface area (Å²) in [4.78, 5) is 7.37. The molecule has 1 saturated carbocycles. The van der Waals surface area contributed by atoms with Gasteiger partial charge in [0.05, 0.1) is 0 Å². The second kappa shape index (κ2) is 4.54. The van der Waals surface area contributed by atoms with Gasteiger partial charge < -0.3 is 10.6 Å². The molecule has 2 heterocycles. The highest BCUT2D eigenvalue weighted by Gasteiger charge is 2.38. The van der Waals surface area contributed by atoms with Crippen molar-refractivity contribution in [2.24, 2.45) is 11.7 Å². The van der Waals surface area contributed by atoms with E-state index in [9.17, 15) is 0 Å². The van der Waals surface area contributed by atoms with E-state index >= 15 is 0 Å². The Morgan fingerprint density at radius 3 is 2.78 bits per heavy atom. The van der Waals surface area contributed by atoms with E-state index in [1.54, 1.807) is 0 Å². The van der Waals surface area contributed by atoms with E-state index in [1.165, 1.54) is 37.1 Å². The summed E-state index contributed by atoms with van der Waals surface area (Å²) in [6.45, 7) is 6.20. The molecule has 3 heteroatoms. The van der Waals surface area contributed by atoms with Gasteiger partial charge in [-0.1, -0.05) is 13.8 Å². The minimum atomic E-state index is 0.468. The average molecular weight is 245 g/mol. The maximum absolute atomic E-state index is 5.82. The number of rotatable bonds is 3. The van der Waals surface area contributed by atoms with Crippen LogP contribution < -0.4 is 10.6 Å². The molecule has 0 radical (unpaired) electrons. The molecule has 1 aromatic heterocycles. The number of nitrogens with zero attached hydrogens (tertiary/aromatic N) is 2. The summed E-state index contributed by atoms with van der Waals surface area (Å²) in [5.74, 6) is 2.53. The van der Waals surface area contributed by atoms with Crippen molar-refractivity contribution in [2.75, 3.05) is 11.4 Å². The van der Waals surface area contributed by atoms with Crippen LogP contribution >= 0.6 is 0 Å². The van der Waals surface area contributed by atoms with Gasteiger partial charge in [-0.25, -0.2) is 4.98 Å². The van der Waals surface area contributed by atoms with E-state index in [1.807, 2.05) is 0 Å². The lowest BCUT2D eigenvalue weighted by Crippen LogP contribution is -2.32. The molecule has 1 aromatic rings. The van der Waals surface area contributed by atoms with E-state index in [2.05, 4.69) is 30.9 Å². The highest BCUT2D eigenvalue weighted by molar-refractivity contribution is 5.46. The Hall–Kier alpha value is -1.09. The van der Waals surface area contributed by atoms with Gasteiger partial charge in [-0.3, -0.25) is 0 Å². The molecule has 2 N–H and O–H groups in total. The Labute approximate surface area is 109 Å². The summed E-state index contributed by atoms with van der Waals surface area (Å²) in [5.41, 5.74) is 8.21. The fourth-order valence-electron chi connectivity index (χ4n) is 3.36. The fourth-order valence-corrected chi connectivity index (χ4v) is 3.36. The summed E-state index contributed by atoms with van der Waals surface area (Å²) >= 11 is 0. The van der Waals surface area contributed by atoms with Crippen LogP contribution in [0.15, 0.2) is 12.1 Å². The normalized spacial score (nSPS) is 26.3. The van der Waals surface area contributed by atoms with Gasteiger partial charge in [0.2, 0.25) is 0 Å². The van der Waals surface area contributed by atoms with Gasteiger partial charge in [0.1, 0.15) is 5.82 Å². The molecule has 2 unspecified atom stereocenters. The molecule has 1 aliphatic carbocycles. The second-order valence-corrected chi connectivity index (χ2v) is 6.10. The van der Waals surface area contributed by atoms with Gasteiger partial charge in [-0.2, -0.15) is 0 Å². The van der Waals surface area contributed by atoms with Crippen molar-refractivity contribution >= 4 is 5.82 Å². The minimum Gasteiger partial charge on any atom is -0.353 e. The molecule has 3 rings (SSSR count). The summed E-state index contributed by atoms with van der Waals surface area (Å²) in [6.07, 6.45) is 4.12. The smallest absolute Gasteiger partial charge is 0.129 e. The molecular weight excluding hydrogens is 222 g/mol. The molecular formula is C15H23N3. The fraction of sp³-hybridized carbons (Fsp3) is 0.667. The van der Waals surface area contributed by atoms with Crippen molar-refractivity contribution in [3.63, 3.8) is 0 Å². The van der Waals surface area contributed by atoms with Crippen LogP contribution in [0.3, 0.4) is 0 Å². The number of anilines is 1. The van der Waals surface area contributed by atoms with Crippen molar-refractivity contribution in [2.45, 2.75) is 51.6 Å². The number of hydrogen-bond donors (Lipinski definition) is 1. The standard InChI is InChI=1S/C15H23N3/c1-10(2)14-6-12(8-16)7-15(17-14)18-9-11-3-4-13(18)5-11/h6-7,10-11,13H,3-5,8-9,16H2,1-2H3. The zero-order valence-corrected chi connectivity index (χ0v) is 11.4. The predicted molar refractivity (Wildman–Crippen MR) is 74.7 cm³/mol. The van der Waals surface area contributed by atoms with E-state index < -0.39 is 0 Å². The molecule has 1 aliphatic heterocycles. The Bertz CT molecular complexity index is 441. The first-order valence-electron chi connectivity index (χ1n) is 7.15. The molecule has 18 heavy (non-hydrogen) atoms. The summed E-state index contributed by atoms with van der Waals surface area (Å²) in [5, 5.41) is 0. The summed E-state index contributed by atoms with van der Waals surface area (Å²) < 4.78 is 0. The first-order valence-corrected chi connectivity index (χ1v) is 7.15. The molecule has 2 aliphatic rings. The quantitative estimate of drug-likeness (QED) is 0.890. The number of piperidine rings is 1. The maximum Gasteiger partial charge on any atom is 0.129 e.